The van der Waals surface area contributed by atoms with Crippen molar-refractivity contribution in [3.05, 3.63) is 33.9 Å². The van der Waals surface area contributed by atoms with E-state index in [0.717, 1.165) is 6.54 Å². The Morgan fingerprint density at radius 1 is 1.28 bits per heavy atom. The number of hydrogen-bond donors (Lipinski definition) is 1. The monoisotopic (exact) mass is 304 g/mol. The lowest BCUT2D eigenvalue weighted by Gasteiger charge is -2.19. The number of nitrogens with one attached hydrogen (secondary N) is 1. The number of benzene rings is 1. The van der Waals surface area contributed by atoms with E-state index in [-0.39, 0.29) is 0 Å². The van der Waals surface area contributed by atoms with Crippen LogP contribution in [0, 0.1) is 0 Å². The summed E-state index contributed by atoms with van der Waals surface area (Å²) in [6, 6.07) is 5.39. The SMILES string of the molecule is Brc1cn2c3c(cc(C4CCCN4)cc13)CCC2. The number of rotatable bonds is 1. The first kappa shape index (κ1) is 11.1. The molecule has 1 aromatic heterocycles. The van der Waals surface area contributed by atoms with Gasteiger partial charge in [-0.05, 0) is 65.4 Å². The van der Waals surface area contributed by atoms with Crippen molar-refractivity contribution < 1.29 is 0 Å². The van der Waals surface area contributed by atoms with Crippen LogP contribution in [0.3, 0.4) is 0 Å². The summed E-state index contributed by atoms with van der Waals surface area (Å²) in [7, 11) is 0. The topological polar surface area (TPSA) is 17.0 Å². The van der Waals surface area contributed by atoms with E-state index in [0.29, 0.717) is 6.04 Å². The highest BCUT2D eigenvalue weighted by molar-refractivity contribution is 9.10. The molecule has 1 atom stereocenters. The molecule has 0 aliphatic carbocycles. The predicted octanol–water partition coefficient (Wildman–Crippen LogP) is 3.77. The van der Waals surface area contributed by atoms with Gasteiger partial charge in [-0.15, -0.1) is 0 Å². The van der Waals surface area contributed by atoms with Crippen LogP contribution in [0.1, 0.15) is 36.4 Å². The Bertz CT molecular complexity index is 608. The smallest absolute Gasteiger partial charge is 0.0524 e. The van der Waals surface area contributed by atoms with Crippen LogP contribution in [-0.4, -0.2) is 11.1 Å². The molecule has 0 saturated carbocycles. The molecule has 2 nitrogen and oxygen atoms in total. The van der Waals surface area contributed by atoms with E-state index < -0.39 is 0 Å². The third-order valence-electron chi connectivity index (χ3n) is 4.33. The lowest BCUT2D eigenvalue weighted by Crippen LogP contribution is -2.14. The van der Waals surface area contributed by atoms with E-state index in [1.807, 2.05) is 0 Å². The van der Waals surface area contributed by atoms with Crippen molar-refractivity contribution in [2.24, 2.45) is 0 Å². The Hall–Kier alpha value is -0.800. The molecule has 0 bridgehead atoms. The van der Waals surface area contributed by atoms with Gasteiger partial charge in [0.1, 0.15) is 0 Å². The first-order chi connectivity index (χ1) is 8.83. The second-order valence-electron chi connectivity index (χ2n) is 5.50. The van der Waals surface area contributed by atoms with Gasteiger partial charge >= 0.3 is 0 Å². The van der Waals surface area contributed by atoms with Crippen molar-refractivity contribution in [2.75, 3.05) is 6.54 Å². The molecule has 1 fully saturated rings. The van der Waals surface area contributed by atoms with Gasteiger partial charge in [-0.3, -0.25) is 0 Å². The summed E-state index contributed by atoms with van der Waals surface area (Å²) in [6.07, 6.45) is 7.33. The molecule has 1 unspecified atom stereocenters. The van der Waals surface area contributed by atoms with Gasteiger partial charge in [0.15, 0.2) is 0 Å². The molecule has 2 aliphatic heterocycles. The number of aryl methyl sites for hydroxylation is 2. The first-order valence-electron chi connectivity index (χ1n) is 6.87. The predicted molar refractivity (Wildman–Crippen MR) is 77.9 cm³/mol. The van der Waals surface area contributed by atoms with E-state index in [1.165, 1.54) is 58.7 Å². The summed E-state index contributed by atoms with van der Waals surface area (Å²) < 4.78 is 3.66. The molecule has 0 radical (unpaired) electrons. The fourth-order valence-electron chi connectivity index (χ4n) is 3.49. The highest BCUT2D eigenvalue weighted by atomic mass is 79.9. The van der Waals surface area contributed by atoms with E-state index in [2.05, 4.69) is 44.1 Å². The zero-order valence-electron chi connectivity index (χ0n) is 10.4. The molecule has 2 aromatic rings. The summed E-state index contributed by atoms with van der Waals surface area (Å²) in [6.45, 7) is 2.33. The normalized spacial score (nSPS) is 22.8. The van der Waals surface area contributed by atoms with Crippen LogP contribution in [0.2, 0.25) is 0 Å². The molecule has 94 valence electrons. The zero-order valence-corrected chi connectivity index (χ0v) is 12.0. The second-order valence-corrected chi connectivity index (χ2v) is 6.35. The third kappa shape index (κ3) is 1.57. The Balaban J connectivity index is 1.94. The van der Waals surface area contributed by atoms with Crippen molar-refractivity contribution in [3.8, 4) is 0 Å². The molecular weight excluding hydrogens is 288 g/mol. The number of aromatic nitrogens is 1. The van der Waals surface area contributed by atoms with Gasteiger partial charge in [0.05, 0.1) is 5.52 Å². The average molecular weight is 305 g/mol. The molecule has 3 heteroatoms. The highest BCUT2D eigenvalue weighted by Crippen LogP contribution is 2.36. The number of halogens is 1. The van der Waals surface area contributed by atoms with Crippen LogP contribution in [0.15, 0.2) is 22.8 Å². The van der Waals surface area contributed by atoms with Crippen LogP contribution in [0.5, 0.6) is 0 Å². The van der Waals surface area contributed by atoms with Crippen molar-refractivity contribution in [2.45, 2.75) is 38.3 Å². The number of nitrogens with zero attached hydrogens (tertiary/aromatic N) is 1. The van der Waals surface area contributed by atoms with Crippen LogP contribution in [0.25, 0.3) is 10.9 Å². The largest absolute Gasteiger partial charge is 0.346 e. The minimum Gasteiger partial charge on any atom is -0.346 e. The van der Waals surface area contributed by atoms with Gasteiger partial charge in [0.25, 0.3) is 0 Å². The summed E-state index contributed by atoms with van der Waals surface area (Å²) in [5, 5.41) is 5.01. The van der Waals surface area contributed by atoms with E-state index in [1.54, 1.807) is 0 Å². The molecule has 4 rings (SSSR count). The Morgan fingerprint density at radius 3 is 3.06 bits per heavy atom. The highest BCUT2D eigenvalue weighted by Gasteiger charge is 2.21. The van der Waals surface area contributed by atoms with Gasteiger partial charge in [0, 0.05) is 28.6 Å². The summed E-state index contributed by atoms with van der Waals surface area (Å²) in [5.74, 6) is 0. The first-order valence-corrected chi connectivity index (χ1v) is 7.67. The van der Waals surface area contributed by atoms with Crippen molar-refractivity contribution in [3.63, 3.8) is 0 Å². The lowest BCUT2D eigenvalue weighted by atomic mass is 9.96. The third-order valence-corrected chi connectivity index (χ3v) is 4.96. The van der Waals surface area contributed by atoms with Gasteiger partial charge in [-0.25, -0.2) is 0 Å². The van der Waals surface area contributed by atoms with Crippen molar-refractivity contribution in [1.29, 1.82) is 0 Å². The molecule has 2 aliphatic rings. The molecule has 0 amide bonds. The molecule has 0 spiro atoms. The summed E-state index contributed by atoms with van der Waals surface area (Å²) in [5.41, 5.74) is 4.47. The van der Waals surface area contributed by atoms with Crippen molar-refractivity contribution in [1.82, 2.24) is 9.88 Å². The zero-order chi connectivity index (χ0) is 12.1. The molecular formula is C15H17BrN2. The minimum absolute atomic E-state index is 0.572. The maximum absolute atomic E-state index is 3.72. The van der Waals surface area contributed by atoms with E-state index in [9.17, 15) is 0 Å². The van der Waals surface area contributed by atoms with E-state index in [4.69, 9.17) is 0 Å². The summed E-state index contributed by atoms with van der Waals surface area (Å²) >= 11 is 3.72. The molecule has 1 aromatic carbocycles. The van der Waals surface area contributed by atoms with Crippen LogP contribution < -0.4 is 5.32 Å². The molecule has 3 heterocycles. The Labute approximate surface area is 115 Å². The van der Waals surface area contributed by atoms with Crippen LogP contribution >= 0.6 is 15.9 Å². The fourth-order valence-corrected chi connectivity index (χ4v) is 4.04. The van der Waals surface area contributed by atoms with Crippen LogP contribution in [-0.2, 0) is 13.0 Å². The van der Waals surface area contributed by atoms with Gasteiger partial charge in [-0.2, -0.15) is 0 Å². The molecule has 1 N–H and O–H groups in total. The maximum atomic E-state index is 3.72. The van der Waals surface area contributed by atoms with Crippen molar-refractivity contribution >= 4 is 26.8 Å². The van der Waals surface area contributed by atoms with Crippen LogP contribution in [0.4, 0.5) is 0 Å². The minimum atomic E-state index is 0.572. The molecule has 18 heavy (non-hydrogen) atoms. The Morgan fingerprint density at radius 2 is 2.22 bits per heavy atom. The maximum Gasteiger partial charge on any atom is 0.0524 e. The van der Waals surface area contributed by atoms with Gasteiger partial charge in [-0.1, -0.05) is 6.07 Å². The number of hydrogen-bond acceptors (Lipinski definition) is 1. The second kappa shape index (κ2) is 4.10. The molecule has 1 saturated heterocycles. The lowest BCUT2D eigenvalue weighted by molar-refractivity contribution is 0.626. The fraction of sp³-hybridized carbons (Fsp3) is 0.467. The van der Waals surface area contributed by atoms with E-state index >= 15 is 0 Å². The Kier molecular flexibility index (Phi) is 2.52. The average Bonchev–Trinajstić information content (AvgIpc) is 3.00. The quantitative estimate of drug-likeness (QED) is 0.848. The standard InChI is InChI=1S/C15H17BrN2/c16-13-9-18-6-2-3-10-7-11(8-12(13)15(10)18)14-4-1-5-17-14/h7-9,14,17H,1-6H2. The van der Waals surface area contributed by atoms with Gasteiger partial charge < -0.3 is 9.88 Å². The summed E-state index contributed by atoms with van der Waals surface area (Å²) in [4.78, 5) is 0. The van der Waals surface area contributed by atoms with Gasteiger partial charge in [0.2, 0.25) is 0 Å².